The first-order valence-electron chi connectivity index (χ1n) is 6.34. The predicted octanol–water partition coefficient (Wildman–Crippen LogP) is 4.40. The number of methoxy groups -OCH3 is 2. The van der Waals surface area contributed by atoms with Crippen molar-refractivity contribution < 1.29 is 14.6 Å². The number of aryl methyl sites for hydroxylation is 1. The van der Waals surface area contributed by atoms with Crippen molar-refractivity contribution in [2.75, 3.05) is 14.2 Å². The van der Waals surface area contributed by atoms with E-state index in [1.165, 1.54) is 14.2 Å². The number of aliphatic hydroxyl groups is 1. The first kappa shape index (κ1) is 16.0. The Kier molecular flexibility index (Phi) is 4.99. The van der Waals surface area contributed by atoms with Gasteiger partial charge in [0.15, 0.2) is 11.5 Å². The summed E-state index contributed by atoms with van der Waals surface area (Å²) < 4.78 is 10.4. The average Bonchev–Trinajstić information content (AvgIpc) is 2.48. The highest BCUT2D eigenvalue weighted by atomic mass is 35.5. The van der Waals surface area contributed by atoms with Crippen LogP contribution in [0.3, 0.4) is 0 Å². The standard InChI is InChI=1S/C16H16Cl2O3/c1-9-4-5-10(8-12(9)17)15(19)11-6-7-13(20-2)16(21-3)14(11)18/h4-8,15,19H,1-3H3. The maximum absolute atomic E-state index is 10.5. The summed E-state index contributed by atoms with van der Waals surface area (Å²) in [6.45, 7) is 1.90. The van der Waals surface area contributed by atoms with Crippen molar-refractivity contribution in [1.29, 1.82) is 0 Å². The molecule has 0 fully saturated rings. The topological polar surface area (TPSA) is 38.7 Å². The Labute approximate surface area is 134 Å². The number of ether oxygens (including phenoxy) is 2. The van der Waals surface area contributed by atoms with E-state index in [-0.39, 0.29) is 0 Å². The van der Waals surface area contributed by atoms with Crippen molar-refractivity contribution in [2.24, 2.45) is 0 Å². The summed E-state index contributed by atoms with van der Waals surface area (Å²) in [5, 5.41) is 11.5. The Morgan fingerprint density at radius 2 is 1.76 bits per heavy atom. The second kappa shape index (κ2) is 6.56. The predicted molar refractivity (Wildman–Crippen MR) is 84.8 cm³/mol. The normalized spacial score (nSPS) is 12.1. The van der Waals surface area contributed by atoms with Crippen LogP contribution in [-0.4, -0.2) is 19.3 Å². The minimum absolute atomic E-state index is 0.320. The van der Waals surface area contributed by atoms with Crippen molar-refractivity contribution in [3.8, 4) is 11.5 Å². The van der Waals surface area contributed by atoms with Crippen LogP contribution in [0.5, 0.6) is 11.5 Å². The second-order valence-electron chi connectivity index (χ2n) is 4.62. The van der Waals surface area contributed by atoms with Gasteiger partial charge < -0.3 is 14.6 Å². The molecule has 0 aliphatic rings. The van der Waals surface area contributed by atoms with Crippen LogP contribution in [0.25, 0.3) is 0 Å². The van der Waals surface area contributed by atoms with Crippen LogP contribution in [0.15, 0.2) is 30.3 Å². The number of benzene rings is 2. The van der Waals surface area contributed by atoms with Gasteiger partial charge in [0.05, 0.1) is 19.2 Å². The van der Waals surface area contributed by atoms with E-state index in [1.807, 2.05) is 19.1 Å². The summed E-state index contributed by atoms with van der Waals surface area (Å²) in [6.07, 6.45) is -0.893. The molecule has 2 aromatic carbocycles. The Hall–Kier alpha value is -1.42. The Bertz CT molecular complexity index is 656. The molecule has 0 saturated heterocycles. The minimum Gasteiger partial charge on any atom is -0.493 e. The molecule has 0 heterocycles. The maximum Gasteiger partial charge on any atom is 0.179 e. The molecule has 112 valence electrons. The third-order valence-electron chi connectivity index (χ3n) is 3.32. The fourth-order valence-corrected chi connectivity index (χ4v) is 2.60. The first-order valence-corrected chi connectivity index (χ1v) is 7.09. The van der Waals surface area contributed by atoms with E-state index in [4.69, 9.17) is 32.7 Å². The zero-order chi connectivity index (χ0) is 15.6. The number of hydrogen-bond acceptors (Lipinski definition) is 3. The fraction of sp³-hybridized carbons (Fsp3) is 0.250. The largest absolute Gasteiger partial charge is 0.493 e. The lowest BCUT2D eigenvalue weighted by molar-refractivity contribution is 0.219. The van der Waals surface area contributed by atoms with Gasteiger partial charge in [-0.3, -0.25) is 0 Å². The third kappa shape index (κ3) is 3.10. The van der Waals surface area contributed by atoms with Crippen LogP contribution in [0.2, 0.25) is 10.0 Å². The lowest BCUT2D eigenvalue weighted by Crippen LogP contribution is -2.03. The van der Waals surface area contributed by atoms with Gasteiger partial charge in [-0.15, -0.1) is 0 Å². The third-order valence-corrected chi connectivity index (χ3v) is 4.12. The summed E-state index contributed by atoms with van der Waals surface area (Å²) in [5.74, 6) is 0.911. The molecule has 0 saturated carbocycles. The first-order chi connectivity index (χ1) is 9.99. The van der Waals surface area contributed by atoms with Gasteiger partial charge in [-0.2, -0.15) is 0 Å². The molecule has 0 amide bonds. The highest BCUT2D eigenvalue weighted by Gasteiger charge is 2.20. The molecule has 1 N–H and O–H groups in total. The van der Waals surface area contributed by atoms with Gasteiger partial charge in [-0.1, -0.05) is 41.4 Å². The molecule has 0 aromatic heterocycles. The van der Waals surface area contributed by atoms with Crippen LogP contribution >= 0.6 is 23.2 Å². The van der Waals surface area contributed by atoms with Crippen LogP contribution < -0.4 is 9.47 Å². The summed E-state index contributed by atoms with van der Waals surface area (Å²) >= 11 is 12.4. The highest BCUT2D eigenvalue weighted by Crippen LogP contribution is 2.41. The van der Waals surface area contributed by atoms with Gasteiger partial charge in [0.25, 0.3) is 0 Å². The van der Waals surface area contributed by atoms with Crippen molar-refractivity contribution >= 4 is 23.2 Å². The van der Waals surface area contributed by atoms with Gasteiger partial charge in [-0.05, 0) is 30.2 Å². The molecule has 0 aliphatic carbocycles. The van der Waals surface area contributed by atoms with Gasteiger partial charge in [-0.25, -0.2) is 0 Å². The minimum atomic E-state index is -0.893. The number of rotatable bonds is 4. The monoisotopic (exact) mass is 326 g/mol. The summed E-state index contributed by atoms with van der Waals surface area (Å²) in [4.78, 5) is 0. The smallest absolute Gasteiger partial charge is 0.179 e. The fourth-order valence-electron chi connectivity index (χ4n) is 2.07. The lowest BCUT2D eigenvalue weighted by atomic mass is 10.00. The summed E-state index contributed by atoms with van der Waals surface area (Å²) in [6, 6.07) is 8.82. The summed E-state index contributed by atoms with van der Waals surface area (Å²) in [7, 11) is 3.03. The van der Waals surface area contributed by atoms with E-state index in [1.54, 1.807) is 18.2 Å². The van der Waals surface area contributed by atoms with Crippen LogP contribution in [0.1, 0.15) is 22.8 Å². The van der Waals surface area contributed by atoms with Crippen LogP contribution in [-0.2, 0) is 0 Å². The maximum atomic E-state index is 10.5. The number of hydrogen-bond donors (Lipinski definition) is 1. The molecule has 21 heavy (non-hydrogen) atoms. The van der Waals surface area contributed by atoms with E-state index in [0.717, 1.165) is 5.56 Å². The van der Waals surface area contributed by atoms with Crippen molar-refractivity contribution in [3.05, 3.63) is 57.1 Å². The van der Waals surface area contributed by atoms with Gasteiger partial charge in [0.1, 0.15) is 6.10 Å². The molecule has 5 heteroatoms. The number of halogens is 2. The van der Waals surface area contributed by atoms with E-state index >= 15 is 0 Å². The van der Waals surface area contributed by atoms with E-state index in [0.29, 0.717) is 32.7 Å². The van der Waals surface area contributed by atoms with E-state index < -0.39 is 6.10 Å². The molecule has 3 nitrogen and oxygen atoms in total. The zero-order valence-corrected chi connectivity index (χ0v) is 13.5. The lowest BCUT2D eigenvalue weighted by Gasteiger charge is -2.17. The molecule has 2 rings (SSSR count). The molecule has 0 radical (unpaired) electrons. The van der Waals surface area contributed by atoms with E-state index in [2.05, 4.69) is 0 Å². The van der Waals surface area contributed by atoms with Gasteiger partial charge >= 0.3 is 0 Å². The molecule has 0 bridgehead atoms. The highest BCUT2D eigenvalue weighted by molar-refractivity contribution is 6.33. The van der Waals surface area contributed by atoms with Crippen molar-refractivity contribution in [3.63, 3.8) is 0 Å². The summed E-state index contributed by atoms with van der Waals surface area (Å²) in [5.41, 5.74) is 2.15. The molecule has 2 aromatic rings. The van der Waals surface area contributed by atoms with Crippen molar-refractivity contribution in [2.45, 2.75) is 13.0 Å². The Morgan fingerprint density at radius 3 is 2.33 bits per heavy atom. The second-order valence-corrected chi connectivity index (χ2v) is 5.40. The Morgan fingerprint density at radius 1 is 1.05 bits per heavy atom. The van der Waals surface area contributed by atoms with Gasteiger partial charge in [0, 0.05) is 10.6 Å². The number of aliphatic hydroxyl groups excluding tert-OH is 1. The van der Waals surface area contributed by atoms with Crippen LogP contribution in [0.4, 0.5) is 0 Å². The Balaban J connectivity index is 2.48. The molecular weight excluding hydrogens is 311 g/mol. The quantitative estimate of drug-likeness (QED) is 0.904. The van der Waals surface area contributed by atoms with Gasteiger partial charge in [0.2, 0.25) is 0 Å². The SMILES string of the molecule is COc1ccc(C(O)c2ccc(C)c(Cl)c2)c(Cl)c1OC. The molecule has 1 unspecified atom stereocenters. The van der Waals surface area contributed by atoms with Crippen molar-refractivity contribution in [1.82, 2.24) is 0 Å². The zero-order valence-electron chi connectivity index (χ0n) is 12.0. The molecule has 0 spiro atoms. The molecule has 0 aliphatic heterocycles. The molecule has 1 atom stereocenters. The molecular formula is C16H16Cl2O3. The van der Waals surface area contributed by atoms with Crippen LogP contribution in [0, 0.1) is 6.92 Å². The van der Waals surface area contributed by atoms with E-state index in [9.17, 15) is 5.11 Å². The average molecular weight is 327 g/mol.